The number of nitrogens with one attached hydrogen (secondary N) is 1. The van der Waals surface area contributed by atoms with Gasteiger partial charge in [0.05, 0.1) is 11.9 Å². The number of rotatable bonds is 15. The van der Waals surface area contributed by atoms with Crippen molar-refractivity contribution in [2.45, 2.75) is 58.5 Å². The zero-order valence-electron chi connectivity index (χ0n) is 23.8. The van der Waals surface area contributed by atoms with Crippen LogP contribution in [0.2, 0.25) is 0 Å². The summed E-state index contributed by atoms with van der Waals surface area (Å²) in [5.74, 6) is -0.363. The molecule has 0 aromatic heterocycles. The van der Waals surface area contributed by atoms with Gasteiger partial charge in [-0.2, -0.15) is 0 Å². The van der Waals surface area contributed by atoms with E-state index in [0.29, 0.717) is 31.6 Å². The van der Waals surface area contributed by atoms with E-state index in [9.17, 15) is 18.0 Å². The van der Waals surface area contributed by atoms with E-state index in [2.05, 4.69) is 12.2 Å². The Kier molecular flexibility index (Phi) is 11.8. The number of carbonyl (C=O) groups excluding carboxylic acids is 2. The molecule has 40 heavy (non-hydrogen) atoms. The lowest BCUT2D eigenvalue weighted by atomic mass is 10.0. The highest BCUT2D eigenvalue weighted by molar-refractivity contribution is 7.92. The van der Waals surface area contributed by atoms with E-state index in [0.717, 1.165) is 29.5 Å². The number of para-hydroxylation sites is 1. The number of aryl methyl sites for hydroxylation is 1. The highest BCUT2D eigenvalue weighted by Crippen LogP contribution is 2.21. The highest BCUT2D eigenvalue weighted by atomic mass is 32.2. The third-order valence-corrected chi connectivity index (χ3v) is 8.09. The molecular weight excluding hydrogens is 522 g/mol. The Hall–Kier alpha value is -3.65. The second-order valence-electron chi connectivity index (χ2n) is 10.1. The van der Waals surface area contributed by atoms with Gasteiger partial charge in [-0.25, -0.2) is 8.42 Å². The van der Waals surface area contributed by atoms with E-state index >= 15 is 0 Å². The molecule has 0 spiro atoms. The minimum Gasteiger partial charge on any atom is -0.354 e. The fourth-order valence-corrected chi connectivity index (χ4v) is 5.59. The predicted octanol–water partition coefficient (Wildman–Crippen LogP) is 5.10. The maximum Gasteiger partial charge on any atom is 0.243 e. The number of nitrogens with zero attached hydrogens (tertiary/aromatic N) is 2. The number of benzene rings is 3. The lowest BCUT2D eigenvalue weighted by molar-refractivity contribution is -0.141. The van der Waals surface area contributed by atoms with Crippen LogP contribution < -0.4 is 9.62 Å². The molecule has 0 aliphatic rings. The number of hydrogen-bond acceptors (Lipinski definition) is 4. The number of amides is 2. The van der Waals surface area contributed by atoms with Gasteiger partial charge in [-0.3, -0.25) is 13.9 Å². The van der Waals surface area contributed by atoms with Crippen molar-refractivity contribution < 1.29 is 18.0 Å². The van der Waals surface area contributed by atoms with Crippen molar-refractivity contribution in [2.24, 2.45) is 0 Å². The third kappa shape index (κ3) is 9.23. The molecule has 3 aromatic rings. The SMILES string of the molecule is CCCCNC(=O)[C@@H](Cc1ccccc1)N(Cc1ccccc1C)C(=O)CCCN(c1ccccc1)S(C)(=O)=O. The fraction of sp³-hybridized carbons (Fsp3) is 0.375. The van der Waals surface area contributed by atoms with Gasteiger partial charge in [0.25, 0.3) is 0 Å². The first kappa shape index (κ1) is 30.9. The normalized spacial score (nSPS) is 12.0. The van der Waals surface area contributed by atoms with E-state index in [1.165, 1.54) is 10.6 Å². The van der Waals surface area contributed by atoms with Crippen molar-refractivity contribution in [1.82, 2.24) is 10.2 Å². The smallest absolute Gasteiger partial charge is 0.243 e. The maximum atomic E-state index is 13.9. The van der Waals surface area contributed by atoms with Crippen LogP contribution in [-0.4, -0.2) is 50.5 Å². The van der Waals surface area contributed by atoms with E-state index in [-0.39, 0.29) is 24.8 Å². The second kappa shape index (κ2) is 15.2. The molecule has 0 saturated carbocycles. The summed E-state index contributed by atoms with van der Waals surface area (Å²) >= 11 is 0. The molecule has 0 radical (unpaired) electrons. The average Bonchev–Trinajstić information content (AvgIpc) is 2.94. The molecule has 214 valence electrons. The molecule has 7 nitrogen and oxygen atoms in total. The molecule has 0 aliphatic heterocycles. The van der Waals surface area contributed by atoms with E-state index in [1.807, 2.05) is 67.6 Å². The molecule has 3 aromatic carbocycles. The predicted molar refractivity (Wildman–Crippen MR) is 161 cm³/mol. The molecule has 3 rings (SSSR count). The number of hydrogen-bond donors (Lipinski definition) is 1. The van der Waals surface area contributed by atoms with Crippen LogP contribution in [0.4, 0.5) is 5.69 Å². The van der Waals surface area contributed by atoms with Gasteiger partial charge in [0.1, 0.15) is 6.04 Å². The van der Waals surface area contributed by atoms with Crippen LogP contribution in [0.15, 0.2) is 84.9 Å². The summed E-state index contributed by atoms with van der Waals surface area (Å²) in [6.45, 7) is 5.07. The second-order valence-corrected chi connectivity index (χ2v) is 12.0. The summed E-state index contributed by atoms with van der Waals surface area (Å²) in [7, 11) is -3.53. The number of sulfonamides is 1. The zero-order valence-corrected chi connectivity index (χ0v) is 24.6. The Labute approximate surface area is 239 Å². The van der Waals surface area contributed by atoms with Crippen molar-refractivity contribution in [3.05, 3.63) is 102 Å². The number of unbranched alkanes of at least 4 members (excludes halogenated alkanes) is 1. The summed E-state index contributed by atoms with van der Waals surface area (Å²) in [6.07, 6.45) is 3.79. The molecule has 0 heterocycles. The van der Waals surface area contributed by atoms with Gasteiger partial charge in [-0.15, -0.1) is 0 Å². The van der Waals surface area contributed by atoms with Crippen LogP contribution >= 0.6 is 0 Å². The first-order chi connectivity index (χ1) is 19.2. The number of anilines is 1. The maximum absolute atomic E-state index is 13.9. The van der Waals surface area contributed by atoms with E-state index < -0.39 is 16.1 Å². The first-order valence-corrected chi connectivity index (χ1v) is 15.7. The summed E-state index contributed by atoms with van der Waals surface area (Å²) in [4.78, 5) is 29.1. The largest absolute Gasteiger partial charge is 0.354 e. The van der Waals surface area contributed by atoms with Gasteiger partial charge in [-0.1, -0.05) is 86.1 Å². The molecule has 0 saturated heterocycles. The molecule has 2 amide bonds. The minimum absolute atomic E-state index is 0.109. The first-order valence-electron chi connectivity index (χ1n) is 13.9. The van der Waals surface area contributed by atoms with Crippen molar-refractivity contribution in [1.29, 1.82) is 0 Å². The van der Waals surface area contributed by atoms with Gasteiger partial charge in [0.15, 0.2) is 0 Å². The summed E-state index contributed by atoms with van der Waals surface area (Å²) in [6, 6.07) is 25.7. The molecule has 1 atom stereocenters. The molecule has 8 heteroatoms. The average molecular weight is 564 g/mol. The van der Waals surface area contributed by atoms with Crippen molar-refractivity contribution >= 4 is 27.5 Å². The standard InChI is InChI=1S/C32H41N3O4S/c1-4-5-22-33-32(37)30(24-27-16-8-6-9-17-27)34(25-28-18-13-12-15-26(28)2)31(36)21-14-23-35(40(3,38)39)29-19-10-7-11-20-29/h6-13,15-20,30H,4-5,14,21-25H2,1-3H3,(H,33,37)/t30-/m1/s1. The van der Waals surface area contributed by atoms with E-state index in [1.54, 1.807) is 29.2 Å². The Balaban J connectivity index is 1.87. The van der Waals surface area contributed by atoms with E-state index in [4.69, 9.17) is 0 Å². The quantitative estimate of drug-likeness (QED) is 0.261. The molecule has 0 aliphatic carbocycles. The van der Waals surface area contributed by atoms with Crippen LogP contribution in [0.5, 0.6) is 0 Å². The molecular formula is C32H41N3O4S. The van der Waals surface area contributed by atoms with Gasteiger partial charge >= 0.3 is 0 Å². The number of carbonyl (C=O) groups is 2. The topological polar surface area (TPSA) is 86.8 Å². The van der Waals surface area contributed by atoms with Crippen molar-refractivity contribution in [3.63, 3.8) is 0 Å². The zero-order chi connectivity index (χ0) is 29.0. The van der Waals surface area contributed by atoms with Gasteiger partial charge in [0.2, 0.25) is 21.8 Å². The Bertz CT molecular complexity index is 1330. The summed E-state index contributed by atoms with van der Waals surface area (Å²) in [5, 5.41) is 3.04. The fourth-order valence-electron chi connectivity index (χ4n) is 4.63. The molecule has 0 bridgehead atoms. The van der Waals surface area contributed by atoms with Gasteiger partial charge < -0.3 is 10.2 Å². The lowest BCUT2D eigenvalue weighted by Crippen LogP contribution is -2.50. The Morgan fingerprint density at radius 1 is 0.875 bits per heavy atom. The van der Waals surface area contributed by atoms with Crippen molar-refractivity contribution in [3.8, 4) is 0 Å². The molecule has 0 fully saturated rings. The minimum atomic E-state index is -3.53. The highest BCUT2D eigenvalue weighted by Gasteiger charge is 2.30. The molecule has 1 N–H and O–H groups in total. The monoisotopic (exact) mass is 563 g/mol. The summed E-state index contributed by atoms with van der Waals surface area (Å²) in [5.41, 5.74) is 3.54. The van der Waals surface area contributed by atoms with Gasteiger partial charge in [-0.05, 0) is 48.6 Å². The summed E-state index contributed by atoms with van der Waals surface area (Å²) < 4.78 is 26.4. The Morgan fingerprint density at radius 2 is 1.50 bits per heavy atom. The van der Waals surface area contributed by atoms with Crippen LogP contribution in [0, 0.1) is 6.92 Å². The van der Waals surface area contributed by atoms with Crippen LogP contribution in [0.1, 0.15) is 49.3 Å². The van der Waals surface area contributed by atoms with Crippen LogP contribution in [-0.2, 0) is 32.6 Å². The van der Waals surface area contributed by atoms with Crippen LogP contribution in [0.3, 0.4) is 0 Å². The lowest BCUT2D eigenvalue weighted by Gasteiger charge is -2.32. The van der Waals surface area contributed by atoms with Crippen LogP contribution in [0.25, 0.3) is 0 Å². The third-order valence-electron chi connectivity index (χ3n) is 6.90. The van der Waals surface area contributed by atoms with Crippen molar-refractivity contribution in [2.75, 3.05) is 23.7 Å². The molecule has 0 unspecified atom stereocenters. The Morgan fingerprint density at radius 3 is 2.12 bits per heavy atom. The van der Waals surface area contributed by atoms with Gasteiger partial charge in [0, 0.05) is 32.5 Å².